The highest BCUT2D eigenvalue weighted by atomic mass is 16.5. The number of nitrogens with zero attached hydrogens (tertiary/aromatic N) is 2. The summed E-state index contributed by atoms with van der Waals surface area (Å²) < 4.78 is 10.6. The fourth-order valence-corrected chi connectivity index (χ4v) is 3.26. The van der Waals surface area contributed by atoms with E-state index in [4.69, 9.17) is 9.47 Å². The van der Waals surface area contributed by atoms with Crippen molar-refractivity contribution in [1.29, 1.82) is 0 Å². The van der Waals surface area contributed by atoms with E-state index < -0.39 is 0 Å². The van der Waals surface area contributed by atoms with E-state index in [0.29, 0.717) is 0 Å². The first-order valence-corrected chi connectivity index (χ1v) is 8.39. The molecule has 130 valence electrons. The lowest BCUT2D eigenvalue weighted by molar-refractivity contribution is 0.415. The van der Waals surface area contributed by atoms with Crippen LogP contribution in [0.4, 0.5) is 22.7 Å². The van der Waals surface area contributed by atoms with Gasteiger partial charge in [-0.1, -0.05) is 18.7 Å². The van der Waals surface area contributed by atoms with E-state index in [0.717, 1.165) is 40.1 Å². The molecule has 0 atom stereocenters. The second kappa shape index (κ2) is 6.48. The van der Waals surface area contributed by atoms with Crippen molar-refractivity contribution in [2.24, 2.45) is 0 Å². The Balaban J connectivity index is 1.78. The number of anilines is 4. The number of hydrogen-bond donors (Lipinski definition) is 0. The van der Waals surface area contributed by atoms with Gasteiger partial charge in [0, 0.05) is 11.4 Å². The number of rotatable bonds is 4. The summed E-state index contributed by atoms with van der Waals surface area (Å²) in [6.07, 6.45) is 0. The van der Waals surface area contributed by atoms with Gasteiger partial charge in [0.1, 0.15) is 17.3 Å². The van der Waals surface area contributed by atoms with E-state index in [9.17, 15) is 0 Å². The fourth-order valence-electron chi connectivity index (χ4n) is 3.26. The smallest absolute Gasteiger partial charge is 0.119 e. The molecule has 0 radical (unpaired) electrons. The summed E-state index contributed by atoms with van der Waals surface area (Å²) in [5, 5.41) is 0. The Morgan fingerprint density at radius 3 is 1.35 bits per heavy atom. The fraction of sp³-hybridized carbons (Fsp3) is 0.0909. The predicted octanol–water partition coefficient (Wildman–Crippen LogP) is 5.46. The first-order chi connectivity index (χ1) is 12.7. The third kappa shape index (κ3) is 2.56. The Labute approximate surface area is 153 Å². The van der Waals surface area contributed by atoms with Crippen LogP contribution in [-0.4, -0.2) is 14.2 Å². The third-order valence-electron chi connectivity index (χ3n) is 4.54. The lowest BCUT2D eigenvalue weighted by atomic mass is 10.2. The minimum Gasteiger partial charge on any atom is -0.497 e. The molecule has 26 heavy (non-hydrogen) atoms. The molecule has 3 aromatic rings. The molecule has 0 N–H and O–H groups in total. The maximum atomic E-state index is 5.28. The molecule has 0 unspecified atom stereocenters. The Kier molecular flexibility index (Phi) is 4.01. The summed E-state index contributed by atoms with van der Waals surface area (Å²) in [4.78, 5) is 4.30. The van der Waals surface area contributed by atoms with Crippen molar-refractivity contribution < 1.29 is 9.47 Å². The zero-order valence-electron chi connectivity index (χ0n) is 14.8. The molecule has 1 aliphatic heterocycles. The molecule has 4 rings (SSSR count). The molecule has 0 aliphatic carbocycles. The molecule has 0 spiro atoms. The average Bonchev–Trinajstić information content (AvgIpc) is 3.00. The number of benzene rings is 3. The van der Waals surface area contributed by atoms with Gasteiger partial charge in [-0.25, -0.2) is 0 Å². The number of ether oxygens (including phenoxy) is 2. The molecule has 0 fully saturated rings. The van der Waals surface area contributed by atoms with Crippen LogP contribution in [0.2, 0.25) is 0 Å². The van der Waals surface area contributed by atoms with Crippen LogP contribution in [0.25, 0.3) is 0 Å². The van der Waals surface area contributed by atoms with Gasteiger partial charge in [-0.05, 0) is 60.7 Å². The highest BCUT2D eigenvalue weighted by Crippen LogP contribution is 2.49. The highest BCUT2D eigenvalue weighted by Gasteiger charge is 2.31. The van der Waals surface area contributed by atoms with Gasteiger partial charge in [0.25, 0.3) is 0 Å². The van der Waals surface area contributed by atoms with Crippen LogP contribution < -0.4 is 19.3 Å². The Morgan fingerprint density at radius 1 is 0.615 bits per heavy atom. The highest BCUT2D eigenvalue weighted by molar-refractivity contribution is 5.92. The third-order valence-corrected chi connectivity index (χ3v) is 4.54. The SMILES string of the molecule is C=C1N(c2ccc(OC)cc2)c2ccccc2N1c1ccc(OC)cc1. The minimum absolute atomic E-state index is 0.832. The van der Waals surface area contributed by atoms with E-state index >= 15 is 0 Å². The molecule has 1 heterocycles. The summed E-state index contributed by atoms with van der Waals surface area (Å²) in [5.41, 5.74) is 4.27. The van der Waals surface area contributed by atoms with Gasteiger partial charge >= 0.3 is 0 Å². The van der Waals surface area contributed by atoms with Gasteiger partial charge in [-0.15, -0.1) is 0 Å². The van der Waals surface area contributed by atoms with E-state index in [1.54, 1.807) is 14.2 Å². The Morgan fingerprint density at radius 2 is 1.00 bits per heavy atom. The van der Waals surface area contributed by atoms with Gasteiger partial charge in [-0.3, -0.25) is 9.80 Å². The Bertz CT molecular complexity index is 857. The maximum absolute atomic E-state index is 5.28. The summed E-state index contributed by atoms with van der Waals surface area (Å²) in [5.74, 6) is 2.54. The number of fused-ring (bicyclic) bond motifs is 1. The summed E-state index contributed by atoms with van der Waals surface area (Å²) in [7, 11) is 3.34. The summed E-state index contributed by atoms with van der Waals surface area (Å²) in [6, 6.07) is 24.3. The monoisotopic (exact) mass is 344 g/mol. The minimum atomic E-state index is 0.832. The molecule has 0 amide bonds. The van der Waals surface area contributed by atoms with Crippen LogP contribution in [0.5, 0.6) is 11.5 Å². The zero-order chi connectivity index (χ0) is 18.1. The van der Waals surface area contributed by atoms with E-state index in [-0.39, 0.29) is 0 Å². The van der Waals surface area contributed by atoms with E-state index in [1.165, 1.54) is 0 Å². The van der Waals surface area contributed by atoms with Crippen LogP contribution >= 0.6 is 0 Å². The number of methoxy groups -OCH3 is 2. The molecule has 0 bridgehead atoms. The maximum Gasteiger partial charge on any atom is 0.119 e. The first-order valence-electron chi connectivity index (χ1n) is 8.39. The molecule has 0 aromatic heterocycles. The second-order valence-corrected chi connectivity index (χ2v) is 5.97. The van der Waals surface area contributed by atoms with Crippen molar-refractivity contribution in [3.63, 3.8) is 0 Å². The second-order valence-electron chi connectivity index (χ2n) is 5.97. The van der Waals surface area contributed by atoms with Crippen LogP contribution in [0.15, 0.2) is 85.2 Å². The average molecular weight is 344 g/mol. The molecule has 4 heteroatoms. The van der Waals surface area contributed by atoms with Crippen molar-refractivity contribution in [3.8, 4) is 11.5 Å². The lowest BCUT2D eigenvalue weighted by Gasteiger charge is -2.24. The topological polar surface area (TPSA) is 24.9 Å². The first kappa shape index (κ1) is 16.1. The van der Waals surface area contributed by atoms with E-state index in [2.05, 4.69) is 28.5 Å². The number of hydrogen-bond acceptors (Lipinski definition) is 4. The van der Waals surface area contributed by atoms with Gasteiger partial charge < -0.3 is 9.47 Å². The Hall–Kier alpha value is -3.40. The van der Waals surface area contributed by atoms with Crippen molar-refractivity contribution in [2.75, 3.05) is 24.0 Å². The van der Waals surface area contributed by atoms with E-state index in [1.807, 2.05) is 60.7 Å². The lowest BCUT2D eigenvalue weighted by Crippen LogP contribution is -2.20. The van der Waals surface area contributed by atoms with Gasteiger partial charge in [0.2, 0.25) is 0 Å². The van der Waals surface area contributed by atoms with Crippen LogP contribution in [0.3, 0.4) is 0 Å². The van der Waals surface area contributed by atoms with Crippen LogP contribution in [0.1, 0.15) is 0 Å². The molecule has 1 aliphatic rings. The predicted molar refractivity (Wildman–Crippen MR) is 106 cm³/mol. The van der Waals surface area contributed by atoms with Crippen molar-refractivity contribution in [1.82, 2.24) is 0 Å². The van der Waals surface area contributed by atoms with Crippen molar-refractivity contribution in [2.45, 2.75) is 0 Å². The standard InChI is InChI=1S/C22H20N2O2/c1-16-23(17-8-12-19(25-2)13-9-17)21-6-4-5-7-22(21)24(16)18-10-14-20(26-3)15-11-18/h4-15H,1H2,2-3H3. The molecule has 0 saturated carbocycles. The molecular formula is C22H20N2O2. The normalized spacial score (nSPS) is 12.9. The molecule has 0 saturated heterocycles. The van der Waals surface area contributed by atoms with Gasteiger partial charge in [0.15, 0.2) is 0 Å². The van der Waals surface area contributed by atoms with Crippen molar-refractivity contribution in [3.05, 3.63) is 85.2 Å². The van der Waals surface area contributed by atoms with Gasteiger partial charge in [-0.2, -0.15) is 0 Å². The summed E-state index contributed by atoms with van der Waals surface area (Å²) >= 11 is 0. The van der Waals surface area contributed by atoms with Crippen LogP contribution in [0, 0.1) is 0 Å². The quantitative estimate of drug-likeness (QED) is 0.627. The molecular weight excluding hydrogens is 324 g/mol. The van der Waals surface area contributed by atoms with Crippen molar-refractivity contribution >= 4 is 22.7 Å². The molecule has 4 nitrogen and oxygen atoms in total. The van der Waals surface area contributed by atoms with Crippen LogP contribution in [-0.2, 0) is 0 Å². The zero-order valence-corrected chi connectivity index (χ0v) is 14.8. The van der Waals surface area contributed by atoms with Gasteiger partial charge in [0.05, 0.1) is 25.6 Å². The molecule has 3 aromatic carbocycles. The number of para-hydroxylation sites is 2. The largest absolute Gasteiger partial charge is 0.497 e. The summed E-state index contributed by atoms with van der Waals surface area (Å²) in [6.45, 7) is 4.36.